The number of nitrogens with zero attached hydrogens (tertiary/aromatic N) is 3. The van der Waals surface area contributed by atoms with Crippen molar-refractivity contribution in [1.29, 1.82) is 0 Å². The Labute approximate surface area is 219 Å². The fourth-order valence-electron chi connectivity index (χ4n) is 4.46. The number of ether oxygens (including phenoxy) is 1. The van der Waals surface area contributed by atoms with Gasteiger partial charge in [-0.25, -0.2) is 9.78 Å². The van der Waals surface area contributed by atoms with Crippen molar-refractivity contribution in [2.45, 2.75) is 6.92 Å². The maximum absolute atomic E-state index is 12.9. The van der Waals surface area contributed by atoms with Crippen LogP contribution in [0.5, 0.6) is 0 Å². The molecule has 0 amide bonds. The first-order valence-electron chi connectivity index (χ1n) is 11.7. The summed E-state index contributed by atoms with van der Waals surface area (Å²) in [5.74, 6) is 1.61. The van der Waals surface area contributed by atoms with Gasteiger partial charge in [-0.3, -0.25) is 0 Å². The number of rotatable bonds is 4. The number of esters is 1. The minimum atomic E-state index is -0.303. The van der Waals surface area contributed by atoms with Crippen LogP contribution < -0.4 is 10.2 Å². The third-order valence-corrected chi connectivity index (χ3v) is 6.00. The summed E-state index contributed by atoms with van der Waals surface area (Å²) in [5.41, 5.74) is 4.31. The fourth-order valence-corrected chi connectivity index (χ4v) is 4.46. The van der Waals surface area contributed by atoms with Gasteiger partial charge in [0, 0.05) is 43.9 Å². The summed E-state index contributed by atoms with van der Waals surface area (Å²) in [7, 11) is 0. The van der Waals surface area contributed by atoms with Crippen molar-refractivity contribution in [2.75, 3.05) is 37.7 Å². The molecule has 35 heavy (non-hydrogen) atoms. The normalized spacial score (nSPS) is 18.4. The van der Waals surface area contributed by atoms with Crippen LogP contribution in [0.1, 0.15) is 22.8 Å². The Balaban J connectivity index is 0.000000431. The van der Waals surface area contributed by atoms with Crippen molar-refractivity contribution in [2.24, 2.45) is 0 Å². The van der Waals surface area contributed by atoms with Gasteiger partial charge in [0.05, 0.1) is 28.7 Å². The van der Waals surface area contributed by atoms with E-state index in [4.69, 9.17) is 9.72 Å². The molecule has 178 valence electrons. The Kier molecular flexibility index (Phi) is 9.10. The van der Waals surface area contributed by atoms with Gasteiger partial charge in [0.2, 0.25) is 0 Å². The number of benzene rings is 1. The molecule has 2 aromatic heterocycles. The van der Waals surface area contributed by atoms with Crippen LogP contribution in [0, 0.1) is 63.7 Å². The number of hydrogen-bond acceptors (Lipinski definition) is 5. The molecule has 3 aliphatic rings. The predicted molar refractivity (Wildman–Crippen MR) is 135 cm³/mol. The molecule has 6 rings (SSSR count). The number of para-hydroxylation sites is 2. The molecular formula is C28H28FeN4O2+2. The SMILES string of the molecule is CCOC(=O)c1cn2c(c(N3CCNCC3)nc3ccccc32)c1[C]1[CH][CH][CH][CH]1.[CH]1[CH][CH][CH][CH]1.[Fe+2]. The average Bonchev–Trinajstić information content (AvgIpc) is 3.66. The Bertz CT molecular complexity index is 1120. The van der Waals surface area contributed by atoms with Gasteiger partial charge in [-0.05, 0) is 76.8 Å². The first-order valence-corrected chi connectivity index (χ1v) is 11.7. The van der Waals surface area contributed by atoms with Crippen molar-refractivity contribution in [3.63, 3.8) is 0 Å². The molecule has 0 atom stereocenters. The average molecular weight is 508 g/mol. The van der Waals surface area contributed by atoms with Crippen molar-refractivity contribution in [1.82, 2.24) is 14.7 Å². The molecule has 1 saturated heterocycles. The molecule has 3 heterocycles. The van der Waals surface area contributed by atoms with Crippen LogP contribution in [0.4, 0.5) is 5.82 Å². The van der Waals surface area contributed by atoms with E-state index in [1.165, 1.54) is 0 Å². The number of hydrogen-bond donors (Lipinski definition) is 1. The molecule has 2 aliphatic carbocycles. The molecule has 1 N–H and O–H groups in total. The van der Waals surface area contributed by atoms with Crippen LogP contribution in [-0.4, -0.2) is 48.1 Å². The van der Waals surface area contributed by atoms with Crippen LogP contribution in [0.3, 0.4) is 0 Å². The second kappa shape index (κ2) is 12.2. The molecular weight excluding hydrogens is 480 g/mol. The van der Waals surface area contributed by atoms with E-state index in [0.29, 0.717) is 12.2 Å². The molecule has 0 bridgehead atoms. The number of nitrogens with one attached hydrogen (secondary N) is 1. The van der Waals surface area contributed by atoms with Gasteiger partial charge in [0.15, 0.2) is 5.82 Å². The zero-order valence-electron chi connectivity index (χ0n) is 19.6. The maximum Gasteiger partial charge on any atom is 2.00 e. The Morgan fingerprint density at radius 2 is 1.66 bits per heavy atom. The van der Waals surface area contributed by atoms with Gasteiger partial charge >= 0.3 is 23.0 Å². The second-order valence-electron chi connectivity index (χ2n) is 8.15. The van der Waals surface area contributed by atoms with E-state index in [9.17, 15) is 4.79 Å². The van der Waals surface area contributed by atoms with Crippen LogP contribution in [0.25, 0.3) is 16.6 Å². The van der Waals surface area contributed by atoms with Gasteiger partial charge in [-0.2, -0.15) is 0 Å². The molecule has 1 aromatic carbocycles. The number of carbonyl (C=O) groups excluding carboxylic acids is 1. The minimum absolute atomic E-state index is 0. The first kappa shape index (κ1) is 26.0. The van der Waals surface area contributed by atoms with Crippen LogP contribution in [-0.2, 0) is 21.8 Å². The van der Waals surface area contributed by atoms with Crippen LogP contribution in [0.15, 0.2) is 30.5 Å². The molecule has 3 fully saturated rings. The quantitative estimate of drug-likeness (QED) is 0.429. The van der Waals surface area contributed by atoms with Gasteiger partial charge in [-0.15, -0.1) is 0 Å². The summed E-state index contributed by atoms with van der Waals surface area (Å²) in [5, 5.41) is 3.40. The van der Waals surface area contributed by atoms with Crippen LogP contribution in [0.2, 0.25) is 0 Å². The number of fused-ring (bicyclic) bond motifs is 3. The van der Waals surface area contributed by atoms with Gasteiger partial charge in [0.25, 0.3) is 0 Å². The van der Waals surface area contributed by atoms with E-state index in [1.807, 2.05) is 95.2 Å². The van der Waals surface area contributed by atoms with Gasteiger partial charge < -0.3 is 19.4 Å². The topological polar surface area (TPSA) is 58.9 Å². The van der Waals surface area contributed by atoms with E-state index in [-0.39, 0.29) is 23.0 Å². The van der Waals surface area contributed by atoms with Crippen molar-refractivity contribution in [3.8, 4) is 0 Å². The zero-order chi connectivity index (χ0) is 23.3. The number of anilines is 1. The van der Waals surface area contributed by atoms with E-state index in [2.05, 4.69) is 14.6 Å². The van der Waals surface area contributed by atoms with Crippen molar-refractivity contribution in [3.05, 3.63) is 105 Å². The Morgan fingerprint density at radius 1 is 1.00 bits per heavy atom. The smallest absolute Gasteiger partial charge is 0.462 e. The van der Waals surface area contributed by atoms with E-state index < -0.39 is 0 Å². The number of piperazine rings is 1. The Hall–Kier alpha value is -2.08. The first-order chi connectivity index (χ1) is 16.8. The predicted octanol–water partition coefficient (Wildman–Crippen LogP) is 3.85. The molecule has 1 aliphatic heterocycles. The summed E-state index contributed by atoms with van der Waals surface area (Å²) in [4.78, 5) is 20.2. The van der Waals surface area contributed by atoms with E-state index in [1.54, 1.807) is 0 Å². The van der Waals surface area contributed by atoms with Crippen molar-refractivity contribution < 1.29 is 26.6 Å². The van der Waals surface area contributed by atoms with Crippen molar-refractivity contribution >= 4 is 28.3 Å². The standard InChI is InChI=1S/C23H23N4O2.C5H5.Fe/c1-2-29-23(28)17-15-27-19-10-6-5-9-18(19)25-22(26-13-11-24-12-14-26)21(27)20(17)16-7-3-4-8-16;1-2-4-5-3-1;/h3-10,15,24H,2,11-14H2,1H3;1-5H;/q;;+2. The molecule has 0 unspecified atom stereocenters. The molecule has 6 nitrogen and oxygen atoms in total. The molecule has 3 aromatic rings. The minimum Gasteiger partial charge on any atom is -0.462 e. The Morgan fingerprint density at radius 3 is 2.31 bits per heavy atom. The molecule has 0 spiro atoms. The fraction of sp³-hybridized carbons (Fsp3) is 0.214. The summed E-state index contributed by atoms with van der Waals surface area (Å²) in [6.45, 7) is 5.76. The van der Waals surface area contributed by atoms with Gasteiger partial charge in [-0.1, -0.05) is 12.1 Å². The molecule has 10 radical (unpaired) electrons. The molecule has 2 saturated carbocycles. The third kappa shape index (κ3) is 5.52. The monoisotopic (exact) mass is 508 g/mol. The summed E-state index contributed by atoms with van der Waals surface area (Å²) < 4.78 is 7.50. The molecule has 7 heteroatoms. The third-order valence-electron chi connectivity index (χ3n) is 6.00. The maximum atomic E-state index is 12.9. The van der Waals surface area contributed by atoms with E-state index in [0.717, 1.165) is 60.0 Å². The summed E-state index contributed by atoms with van der Waals surface area (Å²) >= 11 is 0. The largest absolute Gasteiger partial charge is 2.00 e. The summed E-state index contributed by atoms with van der Waals surface area (Å²) in [6.07, 6.45) is 20.0. The van der Waals surface area contributed by atoms with Crippen LogP contribution >= 0.6 is 0 Å². The number of carbonyl (C=O) groups is 1. The second-order valence-corrected chi connectivity index (χ2v) is 8.15. The van der Waals surface area contributed by atoms with E-state index >= 15 is 0 Å². The number of aromatic nitrogens is 2. The summed E-state index contributed by atoms with van der Waals surface area (Å²) in [6, 6.07) is 8.06. The van der Waals surface area contributed by atoms with Gasteiger partial charge in [0.1, 0.15) is 0 Å². The zero-order valence-corrected chi connectivity index (χ0v) is 20.7.